The van der Waals surface area contributed by atoms with Crippen LogP contribution in [0.1, 0.15) is 17.3 Å². The monoisotopic (exact) mass is 299 g/mol. The second-order valence-corrected chi connectivity index (χ2v) is 5.29. The van der Waals surface area contributed by atoms with Gasteiger partial charge < -0.3 is 9.47 Å². The number of carbonyl (C=O) groups is 1. The van der Waals surface area contributed by atoms with Crippen LogP contribution in [0, 0.1) is 0 Å². The minimum Gasteiger partial charge on any atom is -0.462 e. The topological polar surface area (TPSA) is 48.4 Å². The Labute approximate surface area is 126 Å². The number of thiazole rings is 1. The third kappa shape index (κ3) is 3.03. The number of rotatable bonds is 4. The first-order chi connectivity index (χ1) is 10.3. The second-order valence-electron chi connectivity index (χ2n) is 4.29. The maximum absolute atomic E-state index is 11.6. The summed E-state index contributed by atoms with van der Waals surface area (Å²) in [5, 5.41) is 0.583. The Morgan fingerprint density at radius 1 is 1.14 bits per heavy atom. The van der Waals surface area contributed by atoms with Crippen LogP contribution in [-0.2, 0) is 4.74 Å². The maximum atomic E-state index is 11.6. The predicted molar refractivity (Wildman–Crippen MR) is 82.1 cm³/mol. The molecule has 0 aliphatic rings. The predicted octanol–water partition coefficient (Wildman–Crippen LogP) is 4.27. The molecule has 0 bridgehead atoms. The van der Waals surface area contributed by atoms with Crippen LogP contribution < -0.4 is 4.74 Å². The van der Waals surface area contributed by atoms with Gasteiger partial charge in [-0.2, -0.15) is 0 Å². The number of nitrogens with zero attached hydrogens (tertiary/aromatic N) is 1. The van der Waals surface area contributed by atoms with Crippen molar-refractivity contribution in [3.63, 3.8) is 0 Å². The molecule has 0 N–H and O–H groups in total. The Hall–Kier alpha value is -2.40. The van der Waals surface area contributed by atoms with Gasteiger partial charge in [-0.25, -0.2) is 9.78 Å². The van der Waals surface area contributed by atoms with Crippen molar-refractivity contribution in [2.24, 2.45) is 0 Å². The molecule has 5 heteroatoms. The van der Waals surface area contributed by atoms with Crippen molar-refractivity contribution in [3.05, 3.63) is 54.1 Å². The summed E-state index contributed by atoms with van der Waals surface area (Å²) >= 11 is 1.49. The van der Waals surface area contributed by atoms with Crippen molar-refractivity contribution in [1.82, 2.24) is 4.98 Å². The van der Waals surface area contributed by atoms with Gasteiger partial charge in [-0.15, -0.1) is 0 Å². The Morgan fingerprint density at radius 3 is 2.62 bits per heavy atom. The third-order valence-corrected chi connectivity index (χ3v) is 3.76. The van der Waals surface area contributed by atoms with Gasteiger partial charge in [0, 0.05) is 0 Å². The average molecular weight is 299 g/mol. The lowest BCUT2D eigenvalue weighted by atomic mass is 10.2. The smallest absolute Gasteiger partial charge is 0.338 e. The number of aromatic nitrogens is 1. The fourth-order valence-corrected chi connectivity index (χ4v) is 2.70. The average Bonchev–Trinajstić information content (AvgIpc) is 2.90. The highest BCUT2D eigenvalue weighted by Gasteiger charge is 2.08. The summed E-state index contributed by atoms with van der Waals surface area (Å²) in [5.74, 6) is 0.311. The number of carbonyl (C=O) groups excluding carboxylic acids is 1. The van der Waals surface area contributed by atoms with Crippen LogP contribution in [0.3, 0.4) is 0 Å². The largest absolute Gasteiger partial charge is 0.462 e. The van der Waals surface area contributed by atoms with E-state index in [-0.39, 0.29) is 5.97 Å². The van der Waals surface area contributed by atoms with Crippen LogP contribution in [0.4, 0.5) is 0 Å². The van der Waals surface area contributed by atoms with Crippen LogP contribution in [0.5, 0.6) is 10.9 Å². The summed E-state index contributed by atoms with van der Waals surface area (Å²) in [6.07, 6.45) is 0. The molecule has 3 aromatic rings. The van der Waals surface area contributed by atoms with Crippen molar-refractivity contribution in [2.75, 3.05) is 6.61 Å². The maximum Gasteiger partial charge on any atom is 0.338 e. The van der Waals surface area contributed by atoms with Gasteiger partial charge in [0.15, 0.2) is 0 Å². The first-order valence-corrected chi connectivity index (χ1v) is 7.38. The lowest BCUT2D eigenvalue weighted by Gasteiger charge is -2.03. The quantitative estimate of drug-likeness (QED) is 0.675. The van der Waals surface area contributed by atoms with E-state index in [0.29, 0.717) is 23.1 Å². The van der Waals surface area contributed by atoms with E-state index in [1.165, 1.54) is 11.3 Å². The van der Waals surface area contributed by atoms with Gasteiger partial charge in [0.1, 0.15) is 5.75 Å². The molecule has 0 aliphatic heterocycles. The summed E-state index contributed by atoms with van der Waals surface area (Å²) < 4.78 is 11.7. The summed E-state index contributed by atoms with van der Waals surface area (Å²) in [6, 6.07) is 14.7. The van der Waals surface area contributed by atoms with Crippen molar-refractivity contribution < 1.29 is 14.3 Å². The lowest BCUT2D eigenvalue weighted by Crippen LogP contribution is -2.03. The van der Waals surface area contributed by atoms with Crippen molar-refractivity contribution in [2.45, 2.75) is 6.92 Å². The molecule has 4 nitrogen and oxygen atoms in total. The van der Waals surface area contributed by atoms with Gasteiger partial charge in [0.2, 0.25) is 0 Å². The molecule has 0 spiro atoms. The van der Waals surface area contributed by atoms with Crippen LogP contribution in [0.25, 0.3) is 10.2 Å². The van der Waals surface area contributed by atoms with Gasteiger partial charge in [-0.05, 0) is 43.3 Å². The van der Waals surface area contributed by atoms with Crippen LogP contribution in [-0.4, -0.2) is 17.6 Å². The molecule has 106 valence electrons. The molecule has 1 aromatic heterocycles. The van der Waals surface area contributed by atoms with Gasteiger partial charge in [-0.1, -0.05) is 23.5 Å². The van der Waals surface area contributed by atoms with E-state index in [9.17, 15) is 4.79 Å². The summed E-state index contributed by atoms with van der Waals surface area (Å²) in [4.78, 5) is 16.0. The third-order valence-electron chi connectivity index (χ3n) is 2.84. The zero-order chi connectivity index (χ0) is 14.7. The van der Waals surface area contributed by atoms with Gasteiger partial charge in [0.05, 0.1) is 22.4 Å². The number of hydrogen-bond donors (Lipinski definition) is 0. The summed E-state index contributed by atoms with van der Waals surface area (Å²) in [7, 11) is 0. The van der Waals surface area contributed by atoms with E-state index >= 15 is 0 Å². The summed E-state index contributed by atoms with van der Waals surface area (Å²) in [6.45, 7) is 2.14. The minimum atomic E-state index is -0.330. The van der Waals surface area contributed by atoms with Crippen molar-refractivity contribution in [3.8, 4) is 10.9 Å². The molecule has 21 heavy (non-hydrogen) atoms. The van der Waals surface area contributed by atoms with E-state index in [4.69, 9.17) is 9.47 Å². The molecule has 1 heterocycles. The molecule has 0 saturated carbocycles. The van der Waals surface area contributed by atoms with Gasteiger partial charge >= 0.3 is 5.97 Å². The standard InChI is InChI=1S/C16H13NO3S/c1-2-19-15(18)11-7-9-12(10-8-11)20-16-17-13-5-3-4-6-14(13)21-16/h3-10H,2H2,1H3. The molecular weight excluding hydrogens is 286 g/mol. The number of hydrogen-bond acceptors (Lipinski definition) is 5. The fourth-order valence-electron chi connectivity index (χ4n) is 1.87. The lowest BCUT2D eigenvalue weighted by molar-refractivity contribution is 0.0526. The van der Waals surface area contributed by atoms with Crippen LogP contribution in [0.15, 0.2) is 48.5 Å². The highest BCUT2D eigenvalue weighted by atomic mass is 32.1. The molecule has 0 aliphatic carbocycles. The number of benzene rings is 2. The molecule has 0 atom stereocenters. The highest BCUT2D eigenvalue weighted by molar-refractivity contribution is 7.20. The SMILES string of the molecule is CCOC(=O)c1ccc(Oc2nc3ccccc3s2)cc1. The first kappa shape index (κ1) is 13.6. The Bertz CT molecular complexity index is 732. The Balaban J connectivity index is 1.77. The zero-order valence-electron chi connectivity index (χ0n) is 11.4. The number of ether oxygens (including phenoxy) is 2. The molecular formula is C16H13NO3S. The number of para-hydroxylation sites is 1. The van der Waals surface area contributed by atoms with Crippen LogP contribution in [0.2, 0.25) is 0 Å². The molecule has 0 saturated heterocycles. The molecule has 0 unspecified atom stereocenters. The Kier molecular flexibility index (Phi) is 3.83. The normalized spacial score (nSPS) is 10.5. The van der Waals surface area contributed by atoms with Gasteiger partial charge in [-0.3, -0.25) is 0 Å². The minimum absolute atomic E-state index is 0.330. The molecule has 0 amide bonds. The van der Waals surface area contributed by atoms with Crippen LogP contribution >= 0.6 is 11.3 Å². The van der Waals surface area contributed by atoms with E-state index in [1.54, 1.807) is 31.2 Å². The molecule has 0 fully saturated rings. The fraction of sp³-hybridized carbons (Fsp3) is 0.125. The number of esters is 1. The highest BCUT2D eigenvalue weighted by Crippen LogP contribution is 2.31. The number of fused-ring (bicyclic) bond motifs is 1. The van der Waals surface area contributed by atoms with E-state index < -0.39 is 0 Å². The first-order valence-electron chi connectivity index (χ1n) is 6.57. The molecule has 0 radical (unpaired) electrons. The summed E-state index contributed by atoms with van der Waals surface area (Å²) in [5.41, 5.74) is 1.43. The Morgan fingerprint density at radius 2 is 1.90 bits per heavy atom. The van der Waals surface area contributed by atoms with E-state index in [2.05, 4.69) is 4.98 Å². The van der Waals surface area contributed by atoms with Crippen molar-refractivity contribution in [1.29, 1.82) is 0 Å². The molecule has 2 aromatic carbocycles. The van der Waals surface area contributed by atoms with Gasteiger partial charge in [0.25, 0.3) is 5.19 Å². The zero-order valence-corrected chi connectivity index (χ0v) is 12.2. The van der Waals surface area contributed by atoms with Crippen molar-refractivity contribution >= 4 is 27.5 Å². The van der Waals surface area contributed by atoms with E-state index in [1.807, 2.05) is 24.3 Å². The molecule has 3 rings (SSSR count). The second kappa shape index (κ2) is 5.93. The van der Waals surface area contributed by atoms with E-state index in [0.717, 1.165) is 10.2 Å².